The Morgan fingerprint density at radius 1 is 1.39 bits per heavy atom. The molecule has 4 nitrogen and oxygen atoms in total. The van der Waals surface area contributed by atoms with E-state index in [-0.39, 0.29) is 12.0 Å². The number of nitrogens with zero attached hydrogens (tertiary/aromatic N) is 1. The number of hydrogen-bond donors (Lipinski definition) is 1. The molecule has 23 heavy (non-hydrogen) atoms. The molecule has 1 amide bonds. The second kappa shape index (κ2) is 7.32. The quantitative estimate of drug-likeness (QED) is 0.855. The van der Waals surface area contributed by atoms with Crippen molar-refractivity contribution in [2.24, 2.45) is 0 Å². The molecule has 122 valence electrons. The summed E-state index contributed by atoms with van der Waals surface area (Å²) in [6.45, 7) is 5.53. The Labute approximate surface area is 141 Å². The summed E-state index contributed by atoms with van der Waals surface area (Å²) in [5, 5.41) is 5.03. The number of fused-ring (bicyclic) bond motifs is 1. The third kappa shape index (κ3) is 4.03. The van der Waals surface area contributed by atoms with Crippen molar-refractivity contribution in [3.05, 3.63) is 35.4 Å². The highest BCUT2D eigenvalue weighted by atomic mass is 32.2. The van der Waals surface area contributed by atoms with E-state index in [2.05, 4.69) is 30.4 Å². The number of ether oxygens (including phenoxy) is 1. The van der Waals surface area contributed by atoms with Crippen molar-refractivity contribution in [2.45, 2.75) is 37.8 Å². The average molecular weight is 330 g/mol. The van der Waals surface area contributed by atoms with Gasteiger partial charge in [-0.2, -0.15) is 0 Å². The Bertz CT molecular complexity index is 711. The number of thioether (sulfide) groups is 1. The smallest absolute Gasteiger partial charge is 0.230 e. The first kappa shape index (κ1) is 16.3. The first-order valence-electron chi connectivity index (χ1n) is 8.01. The average Bonchev–Trinajstić information content (AvgIpc) is 3.05. The number of nitrogens with one attached hydrogen (secondary N) is 1. The minimum Gasteiger partial charge on any atom is -0.376 e. The standard InChI is InChI=1S/C18H22N2O2S/c1-12-5-3-6-14-9-13(2)18(20-17(12)14)23-11-16(21)19-10-15-7-4-8-22-15/h3,5-6,9,15H,4,7-8,10-11H2,1-2H3,(H,19,21)/t15-/m0/s1. The summed E-state index contributed by atoms with van der Waals surface area (Å²) in [5.74, 6) is 0.425. The molecule has 0 aliphatic carbocycles. The molecule has 1 aliphatic rings. The van der Waals surface area contributed by atoms with Crippen molar-refractivity contribution in [3.8, 4) is 0 Å². The molecule has 0 radical (unpaired) electrons. The second-order valence-corrected chi connectivity index (χ2v) is 6.95. The predicted molar refractivity (Wildman–Crippen MR) is 93.9 cm³/mol. The summed E-state index contributed by atoms with van der Waals surface area (Å²) in [5.41, 5.74) is 3.28. The van der Waals surface area contributed by atoms with Gasteiger partial charge in [-0.1, -0.05) is 30.0 Å². The van der Waals surface area contributed by atoms with Crippen LogP contribution in [0.25, 0.3) is 10.9 Å². The van der Waals surface area contributed by atoms with E-state index >= 15 is 0 Å². The molecule has 3 rings (SSSR count). The Kier molecular flexibility index (Phi) is 5.18. The maximum atomic E-state index is 12.0. The van der Waals surface area contributed by atoms with E-state index in [9.17, 15) is 4.79 Å². The Balaban J connectivity index is 1.61. The van der Waals surface area contributed by atoms with Crippen molar-refractivity contribution in [1.29, 1.82) is 0 Å². The van der Waals surface area contributed by atoms with Gasteiger partial charge >= 0.3 is 0 Å². The summed E-state index contributed by atoms with van der Waals surface area (Å²) < 4.78 is 5.51. The maximum absolute atomic E-state index is 12.0. The molecule has 0 saturated carbocycles. The predicted octanol–water partition coefficient (Wildman–Crippen LogP) is 3.24. The van der Waals surface area contributed by atoms with E-state index < -0.39 is 0 Å². The normalized spacial score (nSPS) is 17.6. The minimum absolute atomic E-state index is 0.0385. The Hall–Kier alpha value is -1.59. The zero-order valence-electron chi connectivity index (χ0n) is 13.6. The fourth-order valence-electron chi connectivity index (χ4n) is 2.80. The number of amides is 1. The molecule has 2 heterocycles. The molecule has 0 bridgehead atoms. The molecule has 1 aromatic heterocycles. The number of para-hydroxylation sites is 1. The summed E-state index contributed by atoms with van der Waals surface area (Å²) in [4.78, 5) is 16.7. The number of benzene rings is 1. The van der Waals surface area contributed by atoms with Gasteiger partial charge in [0.2, 0.25) is 5.91 Å². The van der Waals surface area contributed by atoms with E-state index in [0.29, 0.717) is 12.3 Å². The van der Waals surface area contributed by atoms with Gasteiger partial charge in [-0.15, -0.1) is 0 Å². The van der Waals surface area contributed by atoms with Crippen LogP contribution in [-0.2, 0) is 9.53 Å². The topological polar surface area (TPSA) is 51.2 Å². The highest BCUT2D eigenvalue weighted by Crippen LogP contribution is 2.25. The summed E-state index contributed by atoms with van der Waals surface area (Å²) in [6.07, 6.45) is 2.32. The van der Waals surface area contributed by atoms with Gasteiger partial charge < -0.3 is 10.1 Å². The van der Waals surface area contributed by atoms with Crippen LogP contribution in [0.4, 0.5) is 0 Å². The van der Waals surface area contributed by atoms with Gasteiger partial charge in [-0.05, 0) is 43.9 Å². The summed E-state index contributed by atoms with van der Waals surface area (Å²) in [6, 6.07) is 8.32. The Morgan fingerprint density at radius 3 is 3.04 bits per heavy atom. The highest BCUT2D eigenvalue weighted by molar-refractivity contribution is 7.99. The van der Waals surface area contributed by atoms with E-state index in [4.69, 9.17) is 9.72 Å². The lowest BCUT2D eigenvalue weighted by Gasteiger charge is -2.11. The van der Waals surface area contributed by atoms with Gasteiger partial charge in [0.05, 0.1) is 17.4 Å². The van der Waals surface area contributed by atoms with Crippen molar-refractivity contribution in [1.82, 2.24) is 10.3 Å². The third-order valence-corrected chi connectivity index (χ3v) is 5.18. The molecule has 1 aromatic carbocycles. The molecule has 0 unspecified atom stereocenters. The SMILES string of the molecule is Cc1cc2cccc(C)c2nc1SCC(=O)NC[C@@H]1CCCO1. The monoisotopic (exact) mass is 330 g/mol. The molecule has 1 saturated heterocycles. The fraction of sp³-hybridized carbons (Fsp3) is 0.444. The zero-order chi connectivity index (χ0) is 16.2. The van der Waals surface area contributed by atoms with Crippen LogP contribution in [0.1, 0.15) is 24.0 Å². The number of aryl methyl sites for hydroxylation is 2. The van der Waals surface area contributed by atoms with E-state index in [1.807, 2.05) is 13.0 Å². The van der Waals surface area contributed by atoms with Crippen LogP contribution in [-0.4, -0.2) is 35.9 Å². The van der Waals surface area contributed by atoms with Crippen LogP contribution in [0.2, 0.25) is 0 Å². The molecule has 0 spiro atoms. The molecule has 1 atom stereocenters. The highest BCUT2D eigenvalue weighted by Gasteiger charge is 2.16. The van der Waals surface area contributed by atoms with Crippen LogP contribution in [0, 0.1) is 13.8 Å². The van der Waals surface area contributed by atoms with Gasteiger partial charge in [0.15, 0.2) is 0 Å². The first-order valence-corrected chi connectivity index (χ1v) is 9.00. The number of aromatic nitrogens is 1. The molecule has 1 aliphatic heterocycles. The number of hydrogen-bond acceptors (Lipinski definition) is 4. The van der Waals surface area contributed by atoms with Crippen LogP contribution in [0.5, 0.6) is 0 Å². The van der Waals surface area contributed by atoms with Gasteiger partial charge in [0, 0.05) is 18.5 Å². The summed E-state index contributed by atoms with van der Waals surface area (Å²) in [7, 11) is 0. The minimum atomic E-state index is 0.0385. The maximum Gasteiger partial charge on any atom is 0.230 e. The third-order valence-electron chi connectivity index (χ3n) is 4.08. The van der Waals surface area contributed by atoms with Crippen LogP contribution in [0.3, 0.4) is 0 Å². The largest absolute Gasteiger partial charge is 0.376 e. The molecular formula is C18H22N2O2S. The van der Waals surface area contributed by atoms with Gasteiger partial charge in [-0.3, -0.25) is 4.79 Å². The van der Waals surface area contributed by atoms with Crippen LogP contribution < -0.4 is 5.32 Å². The molecular weight excluding hydrogens is 308 g/mol. The van der Waals surface area contributed by atoms with Crippen molar-refractivity contribution in [2.75, 3.05) is 18.9 Å². The summed E-state index contributed by atoms with van der Waals surface area (Å²) >= 11 is 1.50. The fourth-order valence-corrected chi connectivity index (χ4v) is 3.61. The van der Waals surface area contributed by atoms with Crippen molar-refractivity contribution >= 4 is 28.6 Å². The lowest BCUT2D eigenvalue weighted by atomic mass is 10.1. The van der Waals surface area contributed by atoms with E-state index in [1.54, 1.807) is 0 Å². The molecule has 2 aromatic rings. The van der Waals surface area contributed by atoms with Gasteiger partial charge in [0.25, 0.3) is 0 Å². The molecule has 5 heteroatoms. The first-order chi connectivity index (χ1) is 11.1. The number of carbonyl (C=O) groups is 1. The Morgan fingerprint density at radius 2 is 2.26 bits per heavy atom. The van der Waals surface area contributed by atoms with Gasteiger partial charge in [-0.25, -0.2) is 4.98 Å². The van der Waals surface area contributed by atoms with Gasteiger partial charge in [0.1, 0.15) is 5.03 Å². The van der Waals surface area contributed by atoms with Crippen LogP contribution >= 0.6 is 11.8 Å². The number of rotatable bonds is 5. The van der Waals surface area contributed by atoms with Crippen molar-refractivity contribution < 1.29 is 9.53 Å². The van der Waals surface area contributed by atoms with Crippen molar-refractivity contribution in [3.63, 3.8) is 0 Å². The van der Waals surface area contributed by atoms with Crippen LogP contribution in [0.15, 0.2) is 29.3 Å². The number of pyridine rings is 1. The lowest BCUT2D eigenvalue weighted by molar-refractivity contribution is -0.119. The zero-order valence-corrected chi connectivity index (χ0v) is 14.4. The number of carbonyl (C=O) groups excluding carboxylic acids is 1. The van der Waals surface area contributed by atoms with E-state index in [0.717, 1.165) is 46.5 Å². The van der Waals surface area contributed by atoms with E-state index in [1.165, 1.54) is 11.8 Å². The second-order valence-electron chi connectivity index (χ2n) is 5.98. The molecule has 1 N–H and O–H groups in total. The lowest BCUT2D eigenvalue weighted by Crippen LogP contribution is -2.32. The molecule has 1 fully saturated rings.